The van der Waals surface area contributed by atoms with E-state index in [1.165, 1.54) is 0 Å². The van der Waals surface area contributed by atoms with Crippen molar-refractivity contribution in [3.05, 3.63) is 95.4 Å². The lowest BCUT2D eigenvalue weighted by atomic mass is 9.59. The molecule has 3 aliphatic carbocycles. The number of aromatic nitrogens is 4. The van der Waals surface area contributed by atoms with E-state index in [1.54, 1.807) is 47.1 Å². The number of amides is 2. The van der Waals surface area contributed by atoms with Crippen LogP contribution < -0.4 is 10.6 Å². The molecule has 10 heteroatoms. The molecule has 8 rings (SSSR count). The van der Waals surface area contributed by atoms with Crippen LogP contribution in [0.3, 0.4) is 0 Å². The largest absolute Gasteiger partial charge is 0.348 e. The van der Waals surface area contributed by atoms with Gasteiger partial charge in [-0.15, -0.1) is 0 Å². The topological polar surface area (TPSA) is 102 Å². The zero-order valence-electron chi connectivity index (χ0n) is 26.4. The Balaban J connectivity index is 1.11. The first-order valence-electron chi connectivity index (χ1n) is 16.2. The van der Waals surface area contributed by atoms with E-state index in [4.69, 9.17) is 16.7 Å². The molecular weight excluding hydrogens is 615 g/mol. The van der Waals surface area contributed by atoms with E-state index in [1.807, 2.05) is 38.4 Å². The maximum atomic E-state index is 15.7. The molecular formula is C37H36ClFN6O2. The van der Waals surface area contributed by atoms with Crippen LogP contribution in [0.4, 0.5) is 10.1 Å². The zero-order chi connectivity index (χ0) is 32.7. The lowest BCUT2D eigenvalue weighted by Crippen LogP contribution is -2.62. The highest BCUT2D eigenvalue weighted by Gasteiger charge is 2.51. The standard InChI is InChI=1S/C37H36ClFN6O2/c1-3-31-28-18-24(25-19-40-22(2)41-20-25)11-12-33(28)45(44-31)21-34(46)43-37-15-13-23(14-16-37)17-29(37)36(47)42-32-10-6-8-27(35(32)39)26-7-4-5-9-30(26)38/h4-12,18-20,23,29H,3,13-17,21H2,1-2H3,(H,42,47)(H,43,46). The minimum absolute atomic E-state index is 0.0253. The minimum Gasteiger partial charge on any atom is -0.348 e. The number of aryl methyl sites for hydroxylation is 2. The Morgan fingerprint density at radius 1 is 1.00 bits per heavy atom. The van der Waals surface area contributed by atoms with Gasteiger partial charge in [-0.1, -0.05) is 54.9 Å². The Bertz CT molecular complexity index is 1980. The van der Waals surface area contributed by atoms with Crippen molar-refractivity contribution < 1.29 is 14.0 Å². The Morgan fingerprint density at radius 3 is 2.49 bits per heavy atom. The number of halogens is 2. The van der Waals surface area contributed by atoms with E-state index in [0.29, 0.717) is 53.6 Å². The summed E-state index contributed by atoms with van der Waals surface area (Å²) in [4.78, 5) is 36.3. The second-order valence-electron chi connectivity index (χ2n) is 12.8. The SMILES string of the molecule is CCc1nn(CC(=O)NC23CCC(CC2)CC3C(=O)Nc2cccc(-c3ccccc3Cl)c2F)c2ccc(-c3cnc(C)nc3)cc12. The molecule has 1 atom stereocenters. The number of hydrogen-bond donors (Lipinski definition) is 2. The third kappa shape index (κ3) is 5.89. The smallest absolute Gasteiger partial charge is 0.242 e. The monoisotopic (exact) mass is 650 g/mol. The second-order valence-corrected chi connectivity index (χ2v) is 13.2. The van der Waals surface area contributed by atoms with Crippen molar-refractivity contribution in [1.82, 2.24) is 25.1 Å². The zero-order valence-corrected chi connectivity index (χ0v) is 27.1. The van der Waals surface area contributed by atoms with Gasteiger partial charge < -0.3 is 10.6 Å². The van der Waals surface area contributed by atoms with Gasteiger partial charge in [-0.3, -0.25) is 14.3 Å². The molecule has 2 aromatic heterocycles. The molecule has 5 aromatic rings. The van der Waals surface area contributed by atoms with Crippen molar-refractivity contribution in [3.63, 3.8) is 0 Å². The lowest BCUT2D eigenvalue weighted by Gasteiger charge is -2.51. The molecule has 2 bridgehead atoms. The highest BCUT2D eigenvalue weighted by molar-refractivity contribution is 6.33. The number of rotatable bonds is 8. The van der Waals surface area contributed by atoms with Crippen LogP contribution in [0, 0.1) is 24.6 Å². The molecule has 8 nitrogen and oxygen atoms in total. The molecule has 2 amide bonds. The molecule has 240 valence electrons. The van der Waals surface area contributed by atoms with E-state index >= 15 is 4.39 Å². The average molecular weight is 651 g/mol. The number of nitrogens with one attached hydrogen (secondary N) is 2. The summed E-state index contributed by atoms with van der Waals surface area (Å²) in [6, 6.07) is 18.0. The fourth-order valence-electron chi connectivity index (χ4n) is 7.44. The van der Waals surface area contributed by atoms with Crippen LogP contribution in [-0.2, 0) is 22.6 Å². The fraction of sp³-hybridized carbons (Fsp3) is 0.324. The number of anilines is 1. The van der Waals surface area contributed by atoms with E-state index in [0.717, 1.165) is 40.6 Å². The summed E-state index contributed by atoms with van der Waals surface area (Å²) in [5.41, 5.74) is 3.93. The predicted octanol–water partition coefficient (Wildman–Crippen LogP) is 7.53. The van der Waals surface area contributed by atoms with Crippen LogP contribution in [0.5, 0.6) is 0 Å². The molecule has 47 heavy (non-hydrogen) atoms. The van der Waals surface area contributed by atoms with Crippen molar-refractivity contribution in [1.29, 1.82) is 0 Å². The first-order valence-corrected chi connectivity index (χ1v) is 16.6. The van der Waals surface area contributed by atoms with Crippen LogP contribution in [-0.4, -0.2) is 37.1 Å². The van der Waals surface area contributed by atoms with Gasteiger partial charge in [0.2, 0.25) is 11.8 Å². The van der Waals surface area contributed by atoms with Gasteiger partial charge in [0.05, 0.1) is 28.4 Å². The third-order valence-corrected chi connectivity index (χ3v) is 10.3. The quantitative estimate of drug-likeness (QED) is 0.181. The normalized spacial score (nSPS) is 20.3. The molecule has 2 heterocycles. The van der Waals surface area contributed by atoms with Gasteiger partial charge in [0.15, 0.2) is 5.82 Å². The van der Waals surface area contributed by atoms with Gasteiger partial charge in [-0.05, 0) is 81.2 Å². The number of hydrogen-bond acceptors (Lipinski definition) is 5. The average Bonchev–Trinajstić information content (AvgIpc) is 3.43. The summed E-state index contributed by atoms with van der Waals surface area (Å²) >= 11 is 6.35. The summed E-state index contributed by atoms with van der Waals surface area (Å²) in [6.45, 7) is 3.92. The Hall–Kier alpha value is -4.63. The molecule has 0 saturated heterocycles. The summed E-state index contributed by atoms with van der Waals surface area (Å²) in [5, 5.41) is 12.4. The van der Waals surface area contributed by atoms with Gasteiger partial charge in [-0.2, -0.15) is 5.10 Å². The van der Waals surface area contributed by atoms with Crippen LogP contribution in [0.2, 0.25) is 5.02 Å². The Kier molecular flexibility index (Phi) is 8.26. The number of fused-ring (bicyclic) bond motifs is 4. The van der Waals surface area contributed by atoms with Crippen LogP contribution in [0.1, 0.15) is 50.5 Å². The molecule has 3 aliphatic rings. The highest BCUT2D eigenvalue weighted by atomic mass is 35.5. The van der Waals surface area contributed by atoms with Gasteiger partial charge in [0.25, 0.3) is 0 Å². The van der Waals surface area contributed by atoms with Crippen LogP contribution in [0.15, 0.2) is 73.1 Å². The number of nitrogens with zero attached hydrogens (tertiary/aromatic N) is 4. The first kappa shape index (κ1) is 31.0. The van der Waals surface area contributed by atoms with Gasteiger partial charge in [0.1, 0.15) is 12.4 Å². The fourth-order valence-corrected chi connectivity index (χ4v) is 7.68. The van der Waals surface area contributed by atoms with E-state index < -0.39 is 17.3 Å². The summed E-state index contributed by atoms with van der Waals surface area (Å²) in [6.07, 6.45) is 8.25. The van der Waals surface area contributed by atoms with E-state index in [9.17, 15) is 9.59 Å². The van der Waals surface area contributed by atoms with Crippen LogP contribution in [0.25, 0.3) is 33.2 Å². The van der Waals surface area contributed by atoms with E-state index in [-0.39, 0.29) is 24.0 Å². The highest BCUT2D eigenvalue weighted by Crippen LogP contribution is 2.48. The van der Waals surface area contributed by atoms with Crippen molar-refractivity contribution >= 4 is 40.0 Å². The van der Waals surface area contributed by atoms with Crippen LogP contribution >= 0.6 is 11.6 Å². The minimum atomic E-state index is -0.706. The molecule has 3 fully saturated rings. The predicted molar refractivity (Wildman–Crippen MR) is 181 cm³/mol. The third-order valence-electron chi connectivity index (χ3n) is 9.93. The summed E-state index contributed by atoms with van der Waals surface area (Å²) in [5.74, 6) is -0.388. The molecule has 3 aromatic carbocycles. The maximum absolute atomic E-state index is 15.7. The Labute approximate surface area is 277 Å². The van der Waals surface area contributed by atoms with Crippen molar-refractivity contribution in [2.45, 2.75) is 64.5 Å². The lowest BCUT2D eigenvalue weighted by molar-refractivity contribution is -0.132. The molecule has 1 unspecified atom stereocenters. The van der Waals surface area contributed by atoms with E-state index in [2.05, 4.69) is 26.7 Å². The van der Waals surface area contributed by atoms with Gasteiger partial charge in [0, 0.05) is 39.5 Å². The molecule has 3 saturated carbocycles. The van der Waals surface area contributed by atoms with Crippen molar-refractivity contribution in [2.75, 3.05) is 5.32 Å². The van der Waals surface area contributed by atoms with Gasteiger partial charge >= 0.3 is 0 Å². The second kappa shape index (κ2) is 12.5. The van der Waals surface area contributed by atoms with Crippen molar-refractivity contribution in [3.8, 4) is 22.3 Å². The molecule has 0 aliphatic heterocycles. The first-order chi connectivity index (χ1) is 22.7. The molecule has 0 spiro atoms. The number of carbonyl (C=O) groups is 2. The van der Waals surface area contributed by atoms with Gasteiger partial charge in [-0.25, -0.2) is 14.4 Å². The number of carbonyl (C=O) groups excluding carboxylic acids is 2. The molecule has 0 radical (unpaired) electrons. The Morgan fingerprint density at radius 2 is 1.74 bits per heavy atom. The summed E-state index contributed by atoms with van der Waals surface area (Å²) < 4.78 is 17.5. The molecule has 2 N–H and O–H groups in total. The number of benzene rings is 3. The maximum Gasteiger partial charge on any atom is 0.242 e. The summed E-state index contributed by atoms with van der Waals surface area (Å²) in [7, 11) is 0. The van der Waals surface area contributed by atoms with Crippen molar-refractivity contribution in [2.24, 2.45) is 11.8 Å².